The lowest BCUT2D eigenvalue weighted by Gasteiger charge is -2.25. The highest BCUT2D eigenvalue weighted by Gasteiger charge is 2.31. The summed E-state index contributed by atoms with van der Waals surface area (Å²) in [5.41, 5.74) is 0.344. The van der Waals surface area contributed by atoms with Gasteiger partial charge in [-0.3, -0.25) is 9.59 Å². The monoisotopic (exact) mass is 432 g/mol. The Morgan fingerprint density at radius 3 is 2.00 bits per heavy atom. The third-order valence-electron chi connectivity index (χ3n) is 5.09. The van der Waals surface area contributed by atoms with Gasteiger partial charge in [0, 0.05) is 6.08 Å². The normalized spacial score (nSPS) is 17.8. The Morgan fingerprint density at radius 2 is 1.45 bits per heavy atom. The number of ether oxygens (including phenoxy) is 4. The van der Waals surface area contributed by atoms with Crippen molar-refractivity contribution in [1.82, 2.24) is 0 Å². The summed E-state index contributed by atoms with van der Waals surface area (Å²) in [4.78, 5) is 46.9. The Labute approximate surface area is 181 Å². The summed E-state index contributed by atoms with van der Waals surface area (Å²) >= 11 is 0. The van der Waals surface area contributed by atoms with Crippen LogP contribution in [0.4, 0.5) is 0 Å². The summed E-state index contributed by atoms with van der Waals surface area (Å²) < 4.78 is 20.2. The summed E-state index contributed by atoms with van der Waals surface area (Å²) in [6, 6.07) is 6.16. The van der Waals surface area contributed by atoms with Gasteiger partial charge in [-0.2, -0.15) is 0 Å². The topological polar surface area (TPSA) is 105 Å². The summed E-state index contributed by atoms with van der Waals surface area (Å²) in [6.45, 7) is 3.75. The zero-order valence-corrected chi connectivity index (χ0v) is 17.7. The molecule has 1 aliphatic carbocycles. The molecular formula is C23H28O8. The Hall–Kier alpha value is -3.16. The van der Waals surface area contributed by atoms with Crippen LogP contribution in [-0.2, 0) is 28.6 Å². The van der Waals surface area contributed by atoms with Crippen molar-refractivity contribution in [3.05, 3.63) is 42.5 Å². The smallest absolute Gasteiger partial charge is 0.338 e. The van der Waals surface area contributed by atoms with Crippen LogP contribution in [0.1, 0.15) is 48.9 Å². The van der Waals surface area contributed by atoms with Gasteiger partial charge in [-0.15, -0.1) is 0 Å². The average molecular weight is 432 g/mol. The van der Waals surface area contributed by atoms with Gasteiger partial charge in [0.1, 0.15) is 5.75 Å². The lowest BCUT2D eigenvalue weighted by molar-refractivity contribution is -0.149. The maximum Gasteiger partial charge on any atom is 0.338 e. The van der Waals surface area contributed by atoms with E-state index < -0.39 is 11.9 Å². The molecule has 8 heteroatoms. The maximum atomic E-state index is 12.4. The van der Waals surface area contributed by atoms with Crippen molar-refractivity contribution in [2.24, 2.45) is 11.8 Å². The van der Waals surface area contributed by atoms with E-state index in [4.69, 9.17) is 18.9 Å². The fourth-order valence-corrected chi connectivity index (χ4v) is 3.27. The first-order valence-electron chi connectivity index (χ1n) is 10.3. The number of carbonyl (C=O) groups is 4. The third-order valence-corrected chi connectivity index (χ3v) is 5.09. The van der Waals surface area contributed by atoms with Gasteiger partial charge in [0.2, 0.25) is 0 Å². The Bertz CT molecular complexity index is 775. The molecule has 0 saturated heterocycles. The van der Waals surface area contributed by atoms with E-state index in [1.54, 1.807) is 12.1 Å². The van der Waals surface area contributed by atoms with Gasteiger partial charge in [-0.25, -0.2) is 9.59 Å². The van der Waals surface area contributed by atoms with Gasteiger partial charge in [0.15, 0.2) is 0 Å². The van der Waals surface area contributed by atoms with E-state index in [0.29, 0.717) is 49.8 Å². The summed E-state index contributed by atoms with van der Waals surface area (Å²) in [7, 11) is 1.37. The molecule has 1 aromatic rings. The standard InChI is InChI=1S/C23H28O8/c1-3-20(24)29-14-4-5-15-30-22(26)17-10-12-19(13-11-17)31-23(27)18-8-6-16(7-9-18)21(25)28-2/h3,10-13,16,18H,1,4-9,14-15H2,2H3. The van der Waals surface area contributed by atoms with Gasteiger partial charge in [0.25, 0.3) is 0 Å². The molecule has 1 aromatic carbocycles. The van der Waals surface area contributed by atoms with Crippen LogP contribution in [0.25, 0.3) is 0 Å². The van der Waals surface area contributed by atoms with Crippen LogP contribution in [0.15, 0.2) is 36.9 Å². The number of esters is 4. The first-order chi connectivity index (χ1) is 14.9. The zero-order valence-electron chi connectivity index (χ0n) is 17.7. The van der Waals surface area contributed by atoms with Gasteiger partial charge in [-0.1, -0.05) is 6.58 Å². The Kier molecular flexibility index (Phi) is 9.74. The molecule has 0 aliphatic heterocycles. The molecule has 0 spiro atoms. The van der Waals surface area contributed by atoms with Gasteiger partial charge < -0.3 is 18.9 Å². The highest BCUT2D eigenvalue weighted by atomic mass is 16.5. The second-order valence-corrected chi connectivity index (χ2v) is 7.23. The van der Waals surface area contributed by atoms with E-state index >= 15 is 0 Å². The van der Waals surface area contributed by atoms with Crippen LogP contribution in [-0.4, -0.2) is 44.2 Å². The number of carbonyl (C=O) groups excluding carboxylic acids is 4. The van der Waals surface area contributed by atoms with Crippen molar-refractivity contribution < 1.29 is 38.1 Å². The van der Waals surface area contributed by atoms with Crippen LogP contribution in [0.3, 0.4) is 0 Å². The minimum atomic E-state index is -0.484. The predicted molar refractivity (Wildman–Crippen MR) is 110 cm³/mol. The first-order valence-corrected chi connectivity index (χ1v) is 10.3. The van der Waals surface area contributed by atoms with Crippen LogP contribution < -0.4 is 4.74 Å². The molecule has 0 bridgehead atoms. The molecule has 8 nitrogen and oxygen atoms in total. The number of hydrogen-bond donors (Lipinski definition) is 0. The van der Waals surface area contributed by atoms with Crippen molar-refractivity contribution in [3.8, 4) is 5.75 Å². The van der Waals surface area contributed by atoms with E-state index in [1.807, 2.05) is 0 Å². The molecule has 31 heavy (non-hydrogen) atoms. The lowest BCUT2D eigenvalue weighted by Crippen LogP contribution is -2.29. The molecule has 1 saturated carbocycles. The Balaban J connectivity index is 1.70. The molecule has 0 radical (unpaired) electrons. The molecule has 0 aromatic heterocycles. The fraction of sp³-hybridized carbons (Fsp3) is 0.478. The molecule has 0 unspecified atom stereocenters. The molecule has 0 atom stereocenters. The van der Waals surface area contributed by atoms with E-state index in [2.05, 4.69) is 6.58 Å². The third kappa shape index (κ3) is 7.88. The van der Waals surface area contributed by atoms with Gasteiger partial charge in [-0.05, 0) is 62.8 Å². The molecule has 0 N–H and O–H groups in total. The molecule has 1 fully saturated rings. The van der Waals surface area contributed by atoms with Crippen molar-refractivity contribution >= 4 is 23.9 Å². The number of benzene rings is 1. The first kappa shape index (κ1) is 24.1. The second kappa shape index (κ2) is 12.5. The highest BCUT2D eigenvalue weighted by molar-refractivity contribution is 5.89. The Morgan fingerprint density at radius 1 is 0.903 bits per heavy atom. The molecule has 0 amide bonds. The SMILES string of the molecule is C=CC(=O)OCCCCOC(=O)c1ccc(OC(=O)C2CCC(C(=O)OC)CC2)cc1. The predicted octanol–water partition coefficient (Wildman–Crippen LogP) is 3.24. The summed E-state index contributed by atoms with van der Waals surface area (Å²) in [5, 5.41) is 0. The van der Waals surface area contributed by atoms with Crippen molar-refractivity contribution in [1.29, 1.82) is 0 Å². The van der Waals surface area contributed by atoms with Crippen LogP contribution in [0.5, 0.6) is 5.75 Å². The fourth-order valence-electron chi connectivity index (χ4n) is 3.27. The quantitative estimate of drug-likeness (QED) is 0.182. The van der Waals surface area contributed by atoms with Crippen molar-refractivity contribution in [3.63, 3.8) is 0 Å². The van der Waals surface area contributed by atoms with Crippen LogP contribution >= 0.6 is 0 Å². The summed E-state index contributed by atoms with van der Waals surface area (Å²) in [6.07, 6.45) is 4.59. The molecular weight excluding hydrogens is 404 g/mol. The highest BCUT2D eigenvalue weighted by Crippen LogP contribution is 2.30. The average Bonchev–Trinajstić information content (AvgIpc) is 2.80. The second-order valence-electron chi connectivity index (χ2n) is 7.23. The van der Waals surface area contributed by atoms with Gasteiger partial charge >= 0.3 is 23.9 Å². The van der Waals surface area contributed by atoms with Crippen molar-refractivity contribution in [2.45, 2.75) is 38.5 Å². The largest absolute Gasteiger partial charge is 0.469 e. The number of unbranched alkanes of at least 4 members (excludes halogenated alkanes) is 1. The summed E-state index contributed by atoms with van der Waals surface area (Å²) in [5.74, 6) is -1.59. The van der Waals surface area contributed by atoms with Crippen LogP contribution in [0, 0.1) is 11.8 Å². The van der Waals surface area contributed by atoms with E-state index in [-0.39, 0.29) is 37.0 Å². The lowest BCUT2D eigenvalue weighted by atomic mass is 9.82. The van der Waals surface area contributed by atoms with Crippen molar-refractivity contribution in [2.75, 3.05) is 20.3 Å². The van der Waals surface area contributed by atoms with E-state index in [0.717, 1.165) is 6.08 Å². The molecule has 0 heterocycles. The molecule has 2 rings (SSSR count). The minimum absolute atomic E-state index is 0.151. The molecule has 1 aliphatic rings. The maximum absolute atomic E-state index is 12.4. The van der Waals surface area contributed by atoms with Gasteiger partial charge in [0.05, 0.1) is 37.7 Å². The minimum Gasteiger partial charge on any atom is -0.469 e. The number of hydrogen-bond acceptors (Lipinski definition) is 8. The van der Waals surface area contributed by atoms with E-state index in [9.17, 15) is 19.2 Å². The number of rotatable bonds is 10. The number of methoxy groups -OCH3 is 1. The van der Waals surface area contributed by atoms with E-state index in [1.165, 1.54) is 19.2 Å². The van der Waals surface area contributed by atoms with Crippen LogP contribution in [0.2, 0.25) is 0 Å². The molecule has 168 valence electrons. The zero-order chi connectivity index (χ0) is 22.6.